The zero-order valence-electron chi connectivity index (χ0n) is 21.3. The average Bonchev–Trinajstić information content (AvgIpc) is 2.91. The van der Waals surface area contributed by atoms with E-state index in [9.17, 15) is 0 Å². The van der Waals surface area contributed by atoms with Gasteiger partial charge < -0.3 is 0 Å². The van der Waals surface area contributed by atoms with Crippen molar-refractivity contribution in [2.75, 3.05) is 0 Å². The van der Waals surface area contributed by atoms with Crippen LogP contribution in [0.1, 0.15) is 128 Å². The van der Waals surface area contributed by atoms with Gasteiger partial charge >= 0.3 is 0 Å². The quantitative estimate of drug-likeness (QED) is 0.268. The molecule has 0 atom stereocenters. The smallest absolute Gasteiger partial charge is 0.123 e. The van der Waals surface area contributed by atoms with Crippen molar-refractivity contribution in [3.05, 3.63) is 30.3 Å². The number of benzene rings is 1. The van der Waals surface area contributed by atoms with Crippen molar-refractivity contribution in [1.29, 1.82) is 0 Å². The molecule has 4 saturated carbocycles. The van der Waals surface area contributed by atoms with Crippen molar-refractivity contribution in [3.8, 4) is 0 Å². The van der Waals surface area contributed by atoms with Gasteiger partial charge in [-0.25, -0.2) is 0 Å². The Morgan fingerprint density at radius 1 is 0.424 bits per heavy atom. The molecular weight excluding hydrogens is 433 g/mol. The minimum Gasteiger partial charge on any atom is -0.123 e. The molecule has 182 valence electrons. The molecule has 0 spiro atoms. The largest absolute Gasteiger partial charge is 0.234 e. The third-order valence-electron chi connectivity index (χ3n) is 9.65. The van der Waals surface area contributed by atoms with Gasteiger partial charge in [-0.15, -0.1) is 15.6 Å². The van der Waals surface area contributed by atoms with E-state index in [2.05, 4.69) is 30.3 Å². The Morgan fingerprint density at radius 2 is 0.727 bits per heavy atom. The van der Waals surface area contributed by atoms with Crippen molar-refractivity contribution < 1.29 is 0 Å². The fourth-order valence-electron chi connectivity index (χ4n) is 8.04. The molecule has 4 fully saturated rings. The number of rotatable bonds is 7. The molecule has 0 bridgehead atoms. The Balaban J connectivity index is 1.56. The van der Waals surface area contributed by atoms with E-state index < -0.39 is 0 Å². The van der Waals surface area contributed by atoms with E-state index in [1.165, 1.54) is 77.0 Å². The van der Waals surface area contributed by atoms with Gasteiger partial charge in [-0.1, -0.05) is 113 Å². The highest BCUT2D eigenvalue weighted by molar-refractivity contribution is 8.22. The first-order chi connectivity index (χ1) is 16.4. The second-order valence-corrected chi connectivity index (χ2v) is 18.0. The van der Waals surface area contributed by atoms with E-state index in [4.69, 9.17) is 0 Å². The normalized spacial score (nSPS) is 25.0. The second-order valence-electron chi connectivity index (χ2n) is 11.8. The molecule has 1 aromatic carbocycles. The van der Waals surface area contributed by atoms with Crippen LogP contribution in [0.25, 0.3) is 0 Å². The molecule has 0 nitrogen and oxygen atoms in total. The SMILES string of the molecule is c1ccc(B(P(C2CCCCC2)C2CCCCC2)P(C2CCCCC2)C2CCCCC2)cc1. The number of hydrogen-bond donors (Lipinski definition) is 0. The molecule has 0 aromatic heterocycles. The summed E-state index contributed by atoms with van der Waals surface area (Å²) in [5, 5.41) is 0. The molecule has 0 saturated heterocycles. The number of hydrogen-bond acceptors (Lipinski definition) is 0. The van der Waals surface area contributed by atoms with Crippen LogP contribution >= 0.6 is 15.6 Å². The Labute approximate surface area is 208 Å². The van der Waals surface area contributed by atoms with Crippen molar-refractivity contribution in [2.45, 2.75) is 151 Å². The maximum absolute atomic E-state index is 2.60. The summed E-state index contributed by atoms with van der Waals surface area (Å²) in [6, 6.07) is 12.3. The highest BCUT2D eigenvalue weighted by Crippen LogP contribution is 2.70. The lowest BCUT2D eigenvalue weighted by molar-refractivity contribution is 0.486. The van der Waals surface area contributed by atoms with Crippen LogP contribution < -0.4 is 5.46 Å². The van der Waals surface area contributed by atoms with Crippen molar-refractivity contribution in [2.24, 2.45) is 0 Å². The Hall–Kier alpha value is 0.145. The van der Waals surface area contributed by atoms with Crippen LogP contribution in [0.15, 0.2) is 30.3 Å². The van der Waals surface area contributed by atoms with E-state index in [1.807, 2.05) is 5.46 Å². The maximum atomic E-state index is 2.60. The lowest BCUT2D eigenvalue weighted by Gasteiger charge is -2.49. The molecular formula is C30H49BP2. The summed E-state index contributed by atoms with van der Waals surface area (Å²) >= 11 is 0. The zero-order chi connectivity index (χ0) is 22.3. The summed E-state index contributed by atoms with van der Waals surface area (Å²) in [5.74, 6) is 0. The van der Waals surface area contributed by atoms with Gasteiger partial charge in [-0.05, 0) is 74.0 Å². The van der Waals surface area contributed by atoms with E-state index in [0.29, 0.717) is 0 Å². The van der Waals surface area contributed by atoms with Gasteiger partial charge in [-0.2, -0.15) is 0 Å². The first-order valence-electron chi connectivity index (χ1n) is 15.0. The van der Waals surface area contributed by atoms with Crippen LogP contribution in [0, 0.1) is 0 Å². The Kier molecular flexibility index (Phi) is 9.71. The van der Waals surface area contributed by atoms with Crippen molar-refractivity contribution in [1.82, 2.24) is 0 Å². The fourth-order valence-corrected chi connectivity index (χ4v) is 19.2. The van der Waals surface area contributed by atoms with Crippen LogP contribution in [-0.2, 0) is 0 Å². The Bertz CT molecular complexity index is 594. The third-order valence-corrected chi connectivity index (χ3v) is 18.4. The van der Waals surface area contributed by atoms with Crippen molar-refractivity contribution in [3.63, 3.8) is 0 Å². The van der Waals surface area contributed by atoms with Crippen LogP contribution in [0.5, 0.6) is 0 Å². The average molecular weight is 482 g/mol. The highest BCUT2D eigenvalue weighted by Gasteiger charge is 2.47. The molecule has 4 aliphatic rings. The molecule has 1 aromatic rings. The van der Waals surface area contributed by atoms with Gasteiger partial charge in [0.05, 0.1) is 0 Å². The first kappa shape index (κ1) is 24.8. The summed E-state index contributed by atoms with van der Waals surface area (Å²) in [7, 11) is 0.206. The van der Waals surface area contributed by atoms with E-state index in [-0.39, 0.29) is 15.6 Å². The fraction of sp³-hybridized carbons (Fsp3) is 0.800. The molecule has 4 aliphatic carbocycles. The van der Waals surface area contributed by atoms with Crippen LogP contribution in [0.3, 0.4) is 0 Å². The summed E-state index contributed by atoms with van der Waals surface area (Å²) in [4.78, 5) is 0. The molecule has 3 heteroatoms. The second kappa shape index (κ2) is 12.9. The standard InChI is InChI=1S/C30H49BP2/c1-6-16-26(17-7-1)31(32(27-18-8-2-9-19-27)28-20-10-3-11-21-28)33(29-22-12-4-13-23-29)30-24-14-5-15-25-30/h1,6-7,16-17,27-30H,2-5,8-15,18-25H2. The van der Waals surface area contributed by atoms with Crippen molar-refractivity contribution >= 4 is 27.2 Å². The summed E-state index contributed by atoms with van der Waals surface area (Å²) < 4.78 is 0. The van der Waals surface area contributed by atoms with Crippen LogP contribution in [0.2, 0.25) is 0 Å². The molecule has 0 heterocycles. The molecule has 0 unspecified atom stereocenters. The molecule has 0 amide bonds. The Morgan fingerprint density at radius 3 is 1.03 bits per heavy atom. The first-order valence-corrected chi connectivity index (χ1v) is 18.1. The van der Waals surface area contributed by atoms with Gasteiger partial charge in [-0.3, -0.25) is 0 Å². The van der Waals surface area contributed by atoms with Gasteiger partial charge in [0.25, 0.3) is 0 Å². The third kappa shape index (κ3) is 6.29. The molecule has 0 aliphatic heterocycles. The predicted molar refractivity (Wildman–Crippen MR) is 153 cm³/mol. The lowest BCUT2D eigenvalue weighted by atomic mass is 9.91. The maximum Gasteiger partial charge on any atom is 0.234 e. The van der Waals surface area contributed by atoms with E-state index in [0.717, 1.165) is 28.8 Å². The van der Waals surface area contributed by atoms with Gasteiger partial charge in [0.2, 0.25) is 6.15 Å². The monoisotopic (exact) mass is 482 g/mol. The minimum atomic E-state index is 0.103. The molecule has 0 N–H and O–H groups in total. The minimum absolute atomic E-state index is 0.103. The summed E-state index contributed by atoms with van der Waals surface area (Å²) in [6.45, 7) is 0. The van der Waals surface area contributed by atoms with Gasteiger partial charge in [0, 0.05) is 0 Å². The van der Waals surface area contributed by atoms with E-state index in [1.54, 1.807) is 51.4 Å². The predicted octanol–water partition coefficient (Wildman–Crippen LogP) is 9.68. The summed E-state index contributed by atoms with van der Waals surface area (Å²) in [6.07, 6.45) is 31.9. The zero-order valence-corrected chi connectivity index (χ0v) is 23.1. The van der Waals surface area contributed by atoms with Crippen LogP contribution in [0.4, 0.5) is 0 Å². The summed E-state index contributed by atoms with van der Waals surface area (Å²) in [5.41, 5.74) is 6.14. The lowest BCUT2D eigenvalue weighted by Crippen LogP contribution is -2.41. The van der Waals surface area contributed by atoms with Crippen LogP contribution in [-0.4, -0.2) is 28.8 Å². The topological polar surface area (TPSA) is 0 Å². The van der Waals surface area contributed by atoms with Gasteiger partial charge in [0.1, 0.15) is 0 Å². The molecule has 5 rings (SSSR count). The molecule has 0 radical (unpaired) electrons. The van der Waals surface area contributed by atoms with Gasteiger partial charge in [0.15, 0.2) is 0 Å². The highest BCUT2D eigenvalue weighted by atomic mass is 31.2. The van der Waals surface area contributed by atoms with E-state index >= 15 is 0 Å². The molecule has 33 heavy (non-hydrogen) atoms.